The van der Waals surface area contributed by atoms with E-state index in [0.29, 0.717) is 5.69 Å². The molecule has 122 valence electrons. The third kappa shape index (κ3) is 4.64. The number of sulfonamides is 1. The van der Waals surface area contributed by atoms with Gasteiger partial charge in [-0.05, 0) is 36.2 Å². The molecular weight excluding hydrogens is 312 g/mol. The molecule has 5 nitrogen and oxygen atoms in total. The molecule has 0 aromatic heterocycles. The summed E-state index contributed by atoms with van der Waals surface area (Å²) in [7, 11) is -3.73. The van der Waals surface area contributed by atoms with Gasteiger partial charge in [0, 0.05) is 5.69 Å². The Kier molecular flexibility index (Phi) is 5.52. The average molecular weight is 332 g/mol. The number of carbonyl (C=O) groups excluding carboxylic acids is 1. The van der Waals surface area contributed by atoms with Gasteiger partial charge in [0.25, 0.3) is 0 Å². The van der Waals surface area contributed by atoms with Crippen LogP contribution in [0.4, 0.5) is 5.69 Å². The number of primary sulfonamides is 1. The maximum Gasteiger partial charge on any atom is 0.238 e. The molecule has 0 saturated carbocycles. The summed E-state index contributed by atoms with van der Waals surface area (Å²) in [6.45, 7) is 2.03. The number of anilines is 1. The van der Waals surface area contributed by atoms with Crippen molar-refractivity contribution in [1.82, 2.24) is 0 Å². The van der Waals surface area contributed by atoms with Crippen LogP contribution < -0.4 is 10.5 Å². The van der Waals surface area contributed by atoms with Gasteiger partial charge in [0.2, 0.25) is 15.9 Å². The van der Waals surface area contributed by atoms with Gasteiger partial charge in [-0.1, -0.05) is 43.7 Å². The van der Waals surface area contributed by atoms with Crippen molar-refractivity contribution in [3.05, 3.63) is 60.2 Å². The Morgan fingerprint density at radius 1 is 1.09 bits per heavy atom. The van der Waals surface area contributed by atoms with Crippen molar-refractivity contribution in [3.8, 4) is 0 Å². The van der Waals surface area contributed by atoms with Crippen LogP contribution in [0.15, 0.2) is 59.5 Å². The molecule has 0 spiro atoms. The molecule has 0 bridgehead atoms. The van der Waals surface area contributed by atoms with Crippen LogP contribution in [0.25, 0.3) is 0 Å². The number of carbonyl (C=O) groups is 1. The first-order valence-electron chi connectivity index (χ1n) is 7.40. The maximum atomic E-state index is 12.5. The quantitative estimate of drug-likeness (QED) is 0.852. The highest BCUT2D eigenvalue weighted by Gasteiger charge is 2.19. The summed E-state index contributed by atoms with van der Waals surface area (Å²) in [5, 5.41) is 7.89. The normalized spacial score (nSPS) is 12.6. The standard InChI is InChI=1S/C17H20N2O3S/c1-2-6-16(13-7-4-3-5-8-13)17(20)19-14-9-11-15(12-10-14)23(18,21)22/h3-5,7-12,16H,2,6H2,1H3,(H,19,20)(H2,18,21,22)/t16-/m0/s1. The Morgan fingerprint density at radius 3 is 2.22 bits per heavy atom. The lowest BCUT2D eigenvalue weighted by atomic mass is 9.93. The lowest BCUT2D eigenvalue weighted by Gasteiger charge is -2.16. The van der Waals surface area contributed by atoms with E-state index in [0.717, 1.165) is 18.4 Å². The Hall–Kier alpha value is -2.18. The largest absolute Gasteiger partial charge is 0.326 e. The van der Waals surface area contributed by atoms with Crippen LogP contribution in [0.1, 0.15) is 31.2 Å². The van der Waals surface area contributed by atoms with E-state index >= 15 is 0 Å². The molecule has 0 heterocycles. The average Bonchev–Trinajstić information content (AvgIpc) is 2.53. The van der Waals surface area contributed by atoms with Crippen LogP contribution >= 0.6 is 0 Å². The van der Waals surface area contributed by atoms with E-state index in [2.05, 4.69) is 5.32 Å². The molecule has 3 N–H and O–H groups in total. The molecule has 6 heteroatoms. The zero-order valence-electron chi connectivity index (χ0n) is 12.9. The van der Waals surface area contributed by atoms with Crippen molar-refractivity contribution in [2.45, 2.75) is 30.6 Å². The van der Waals surface area contributed by atoms with E-state index in [1.54, 1.807) is 0 Å². The molecule has 2 rings (SSSR count). The molecule has 2 aromatic carbocycles. The SMILES string of the molecule is CCC[C@H](C(=O)Nc1ccc(S(N)(=O)=O)cc1)c1ccccc1. The fraction of sp³-hybridized carbons (Fsp3) is 0.235. The molecule has 2 aromatic rings. The van der Waals surface area contributed by atoms with Gasteiger partial charge in [-0.15, -0.1) is 0 Å². The third-order valence-electron chi connectivity index (χ3n) is 3.55. The molecule has 0 radical (unpaired) electrons. The number of benzene rings is 2. The van der Waals surface area contributed by atoms with Crippen LogP contribution in [0, 0.1) is 0 Å². The minimum absolute atomic E-state index is 0.0173. The van der Waals surface area contributed by atoms with Crippen LogP contribution in [-0.2, 0) is 14.8 Å². The molecule has 0 unspecified atom stereocenters. The van der Waals surface area contributed by atoms with E-state index < -0.39 is 10.0 Å². The summed E-state index contributed by atoms with van der Waals surface area (Å²) >= 11 is 0. The monoisotopic (exact) mass is 332 g/mol. The maximum absolute atomic E-state index is 12.5. The fourth-order valence-electron chi connectivity index (χ4n) is 2.38. The lowest BCUT2D eigenvalue weighted by Crippen LogP contribution is -2.21. The van der Waals surface area contributed by atoms with Crippen molar-refractivity contribution < 1.29 is 13.2 Å². The highest BCUT2D eigenvalue weighted by molar-refractivity contribution is 7.89. The van der Waals surface area contributed by atoms with Gasteiger partial charge in [-0.3, -0.25) is 4.79 Å². The van der Waals surface area contributed by atoms with E-state index in [4.69, 9.17) is 5.14 Å². The van der Waals surface area contributed by atoms with E-state index in [1.807, 2.05) is 37.3 Å². The predicted octanol–water partition coefficient (Wildman–Crippen LogP) is 2.86. The van der Waals surface area contributed by atoms with Crippen molar-refractivity contribution in [3.63, 3.8) is 0 Å². The van der Waals surface area contributed by atoms with E-state index in [1.165, 1.54) is 24.3 Å². The molecule has 1 atom stereocenters. The van der Waals surface area contributed by atoms with Crippen LogP contribution in [0.3, 0.4) is 0 Å². The van der Waals surface area contributed by atoms with Gasteiger partial charge < -0.3 is 5.32 Å². The predicted molar refractivity (Wildman–Crippen MR) is 90.5 cm³/mol. The second kappa shape index (κ2) is 7.39. The van der Waals surface area contributed by atoms with Crippen LogP contribution in [0.5, 0.6) is 0 Å². The zero-order valence-corrected chi connectivity index (χ0v) is 13.7. The van der Waals surface area contributed by atoms with Crippen molar-refractivity contribution >= 4 is 21.6 Å². The number of nitrogens with two attached hydrogens (primary N) is 1. The summed E-state index contributed by atoms with van der Waals surface area (Å²) in [5.74, 6) is -0.347. The Labute approximate surface area is 136 Å². The van der Waals surface area contributed by atoms with Crippen molar-refractivity contribution in [1.29, 1.82) is 0 Å². The summed E-state index contributed by atoms with van der Waals surface area (Å²) in [5.41, 5.74) is 1.51. The molecule has 0 aliphatic rings. The molecule has 1 amide bonds. The van der Waals surface area contributed by atoms with E-state index in [-0.39, 0.29) is 16.7 Å². The number of amides is 1. The van der Waals surface area contributed by atoms with Crippen molar-refractivity contribution in [2.75, 3.05) is 5.32 Å². The van der Waals surface area contributed by atoms with Gasteiger partial charge in [0.05, 0.1) is 10.8 Å². The summed E-state index contributed by atoms with van der Waals surface area (Å²) in [4.78, 5) is 12.5. The van der Waals surface area contributed by atoms with Gasteiger partial charge in [0.15, 0.2) is 0 Å². The topological polar surface area (TPSA) is 89.3 Å². The van der Waals surface area contributed by atoms with Crippen LogP contribution in [-0.4, -0.2) is 14.3 Å². The highest BCUT2D eigenvalue weighted by Crippen LogP contribution is 2.23. The Morgan fingerprint density at radius 2 is 1.70 bits per heavy atom. The second-order valence-electron chi connectivity index (χ2n) is 5.31. The summed E-state index contributed by atoms with van der Waals surface area (Å²) in [6.07, 6.45) is 1.63. The van der Waals surface area contributed by atoms with Crippen molar-refractivity contribution in [2.24, 2.45) is 5.14 Å². The lowest BCUT2D eigenvalue weighted by molar-refractivity contribution is -0.117. The number of hydrogen-bond donors (Lipinski definition) is 2. The second-order valence-corrected chi connectivity index (χ2v) is 6.87. The highest BCUT2D eigenvalue weighted by atomic mass is 32.2. The first-order valence-corrected chi connectivity index (χ1v) is 8.95. The summed E-state index contributed by atoms with van der Waals surface area (Å²) < 4.78 is 22.5. The minimum atomic E-state index is -3.73. The number of nitrogens with one attached hydrogen (secondary N) is 1. The fourth-order valence-corrected chi connectivity index (χ4v) is 2.90. The molecule has 0 fully saturated rings. The summed E-state index contributed by atoms with van der Waals surface area (Å²) in [6, 6.07) is 15.4. The molecule has 0 aliphatic heterocycles. The third-order valence-corrected chi connectivity index (χ3v) is 4.48. The minimum Gasteiger partial charge on any atom is -0.326 e. The number of hydrogen-bond acceptors (Lipinski definition) is 3. The molecule has 23 heavy (non-hydrogen) atoms. The Bertz CT molecular complexity index is 756. The first kappa shape index (κ1) is 17.2. The molecular formula is C17H20N2O3S. The Balaban J connectivity index is 2.16. The first-order chi connectivity index (χ1) is 10.9. The van der Waals surface area contributed by atoms with E-state index in [9.17, 15) is 13.2 Å². The number of rotatable bonds is 6. The smallest absolute Gasteiger partial charge is 0.238 e. The van der Waals surface area contributed by atoms with Gasteiger partial charge in [-0.25, -0.2) is 13.6 Å². The van der Waals surface area contributed by atoms with Gasteiger partial charge in [0.1, 0.15) is 0 Å². The van der Waals surface area contributed by atoms with Crippen LogP contribution in [0.2, 0.25) is 0 Å². The zero-order chi connectivity index (χ0) is 16.9. The van der Waals surface area contributed by atoms with Gasteiger partial charge in [-0.2, -0.15) is 0 Å². The van der Waals surface area contributed by atoms with Gasteiger partial charge >= 0.3 is 0 Å². The molecule has 0 saturated heterocycles. The molecule has 0 aliphatic carbocycles.